The summed E-state index contributed by atoms with van der Waals surface area (Å²) in [6, 6.07) is 1.96. The first-order valence-corrected chi connectivity index (χ1v) is 6.95. The molecule has 0 fully saturated rings. The van der Waals surface area contributed by atoms with Gasteiger partial charge in [0.1, 0.15) is 5.75 Å². The van der Waals surface area contributed by atoms with E-state index in [9.17, 15) is 0 Å². The third-order valence-electron chi connectivity index (χ3n) is 2.93. The number of nitrogens with two attached hydrogens (primary N) is 1. The Morgan fingerprint density at radius 1 is 1.44 bits per heavy atom. The second-order valence-corrected chi connectivity index (χ2v) is 5.29. The van der Waals surface area contributed by atoms with Crippen molar-refractivity contribution in [2.24, 2.45) is 5.73 Å². The molecule has 0 aliphatic carbocycles. The summed E-state index contributed by atoms with van der Waals surface area (Å²) in [5.41, 5.74) is 8.88. The average Bonchev–Trinajstić information content (AvgIpc) is 2.29. The molecular weight excluding hydrogens is 266 g/mol. The Bertz CT molecular complexity index is 446. The van der Waals surface area contributed by atoms with E-state index in [4.69, 9.17) is 34.3 Å². The van der Waals surface area contributed by atoms with Crippen LogP contribution in [0.15, 0.2) is 6.07 Å². The maximum absolute atomic E-state index is 6.23. The lowest BCUT2D eigenvalue weighted by molar-refractivity contribution is 0.333. The first kappa shape index (κ1) is 15.3. The molecule has 0 saturated heterocycles. The van der Waals surface area contributed by atoms with Gasteiger partial charge in [0.2, 0.25) is 0 Å². The fourth-order valence-electron chi connectivity index (χ4n) is 2.00. The van der Waals surface area contributed by atoms with Crippen LogP contribution >= 0.6 is 23.8 Å². The Morgan fingerprint density at radius 3 is 2.67 bits per heavy atom. The molecule has 2 N–H and O–H groups in total. The lowest BCUT2D eigenvalue weighted by atomic mass is 9.98. The van der Waals surface area contributed by atoms with Gasteiger partial charge in [0.25, 0.3) is 0 Å². The fourth-order valence-corrected chi connectivity index (χ4v) is 2.42. The highest BCUT2D eigenvalue weighted by molar-refractivity contribution is 7.80. The van der Waals surface area contributed by atoms with Crippen LogP contribution in [0.1, 0.15) is 36.5 Å². The Hall–Kier alpha value is -0.800. The van der Waals surface area contributed by atoms with Crippen LogP contribution in [0.4, 0.5) is 0 Å². The summed E-state index contributed by atoms with van der Waals surface area (Å²) in [5, 5.41) is 0.793. The van der Waals surface area contributed by atoms with Crippen LogP contribution in [-0.2, 0) is 6.42 Å². The highest BCUT2D eigenvalue weighted by Gasteiger charge is 2.13. The number of thiocarbonyl (C=S) groups is 1. The van der Waals surface area contributed by atoms with E-state index in [2.05, 4.69) is 0 Å². The number of hydrogen-bond acceptors (Lipinski definition) is 2. The maximum Gasteiger partial charge on any atom is 0.125 e. The third kappa shape index (κ3) is 3.85. The summed E-state index contributed by atoms with van der Waals surface area (Å²) < 4.78 is 5.74. The maximum atomic E-state index is 6.23. The van der Waals surface area contributed by atoms with E-state index in [0.29, 0.717) is 11.6 Å². The van der Waals surface area contributed by atoms with Gasteiger partial charge in [-0.1, -0.05) is 23.8 Å². The predicted octanol–water partition coefficient (Wildman–Crippen LogP) is 3.96. The molecule has 1 rings (SSSR count). The van der Waals surface area contributed by atoms with Crippen molar-refractivity contribution in [1.29, 1.82) is 0 Å². The zero-order chi connectivity index (χ0) is 13.7. The molecule has 1 aromatic carbocycles. The second-order valence-electron chi connectivity index (χ2n) is 4.36. The molecule has 0 heterocycles. The molecule has 0 spiro atoms. The minimum atomic E-state index is 0.560. The summed E-state index contributed by atoms with van der Waals surface area (Å²) in [4.78, 5) is 0.560. The van der Waals surface area contributed by atoms with E-state index in [-0.39, 0.29) is 0 Å². The molecule has 0 radical (unpaired) electrons. The molecule has 0 aliphatic rings. The first-order valence-electron chi connectivity index (χ1n) is 6.17. The summed E-state index contributed by atoms with van der Waals surface area (Å²) >= 11 is 11.1. The lowest BCUT2D eigenvalue weighted by Crippen LogP contribution is -2.08. The molecule has 2 nitrogen and oxygen atoms in total. The van der Waals surface area contributed by atoms with Crippen molar-refractivity contribution >= 4 is 28.8 Å². The van der Waals surface area contributed by atoms with Gasteiger partial charge in [-0.15, -0.1) is 0 Å². The average molecular weight is 286 g/mol. The Morgan fingerprint density at radius 2 is 2.11 bits per heavy atom. The fraction of sp³-hybridized carbons (Fsp3) is 0.500. The molecule has 0 unspecified atom stereocenters. The van der Waals surface area contributed by atoms with Gasteiger partial charge in [0, 0.05) is 5.02 Å². The molecule has 0 atom stereocenters. The highest BCUT2D eigenvalue weighted by Crippen LogP contribution is 2.33. The molecule has 0 saturated carbocycles. The van der Waals surface area contributed by atoms with Crippen molar-refractivity contribution in [3.05, 3.63) is 27.8 Å². The van der Waals surface area contributed by atoms with Gasteiger partial charge in [0.05, 0.1) is 11.6 Å². The summed E-state index contributed by atoms with van der Waals surface area (Å²) in [6.07, 6.45) is 2.57. The zero-order valence-corrected chi connectivity index (χ0v) is 12.8. The molecule has 100 valence electrons. The third-order valence-corrected chi connectivity index (χ3v) is 3.52. The monoisotopic (exact) mass is 285 g/mol. The van der Waals surface area contributed by atoms with Crippen molar-refractivity contribution in [3.63, 3.8) is 0 Å². The second kappa shape index (κ2) is 6.95. The van der Waals surface area contributed by atoms with E-state index in [1.807, 2.05) is 26.8 Å². The largest absolute Gasteiger partial charge is 0.493 e. The van der Waals surface area contributed by atoms with Crippen LogP contribution < -0.4 is 10.5 Å². The molecule has 4 heteroatoms. The predicted molar refractivity (Wildman–Crippen MR) is 81.8 cm³/mol. The first-order chi connectivity index (χ1) is 8.47. The van der Waals surface area contributed by atoms with Gasteiger partial charge in [-0.3, -0.25) is 0 Å². The van der Waals surface area contributed by atoms with Crippen molar-refractivity contribution < 1.29 is 4.74 Å². The minimum absolute atomic E-state index is 0.560. The molecular formula is C14H20ClNOS. The van der Waals surface area contributed by atoms with Crippen molar-refractivity contribution in [3.8, 4) is 5.75 Å². The molecule has 0 amide bonds. The summed E-state index contributed by atoms with van der Waals surface area (Å²) in [6.45, 7) is 6.69. The topological polar surface area (TPSA) is 35.2 Å². The van der Waals surface area contributed by atoms with Gasteiger partial charge in [-0.25, -0.2) is 0 Å². The number of hydrogen-bond donors (Lipinski definition) is 1. The van der Waals surface area contributed by atoms with Gasteiger partial charge in [-0.05, 0) is 62.8 Å². The van der Waals surface area contributed by atoms with Crippen molar-refractivity contribution in [2.75, 3.05) is 6.61 Å². The number of aryl methyl sites for hydroxylation is 1. The molecule has 18 heavy (non-hydrogen) atoms. The van der Waals surface area contributed by atoms with Crippen molar-refractivity contribution in [2.45, 2.75) is 40.0 Å². The van der Waals surface area contributed by atoms with E-state index in [1.165, 1.54) is 5.56 Å². The quantitative estimate of drug-likeness (QED) is 0.804. The highest BCUT2D eigenvalue weighted by atomic mass is 35.5. The number of rotatable bonds is 6. The van der Waals surface area contributed by atoms with E-state index in [1.54, 1.807) is 0 Å². The van der Waals surface area contributed by atoms with Crippen LogP contribution in [0.25, 0.3) is 0 Å². The Balaban J connectivity index is 3.01. The minimum Gasteiger partial charge on any atom is -0.493 e. The van der Waals surface area contributed by atoms with Gasteiger partial charge >= 0.3 is 0 Å². The van der Waals surface area contributed by atoms with Gasteiger partial charge < -0.3 is 10.5 Å². The SMILES string of the molecule is CCOc1c(C)cc(Cl)c(C)c1CCCC(N)=S. The number of halogens is 1. The molecule has 0 aromatic heterocycles. The van der Waals surface area contributed by atoms with E-state index >= 15 is 0 Å². The van der Waals surface area contributed by atoms with Crippen LogP contribution in [0.5, 0.6) is 5.75 Å². The smallest absolute Gasteiger partial charge is 0.125 e. The Labute approximate surface area is 119 Å². The Kier molecular flexibility index (Phi) is 5.89. The summed E-state index contributed by atoms with van der Waals surface area (Å²) in [7, 11) is 0. The zero-order valence-electron chi connectivity index (χ0n) is 11.2. The van der Waals surface area contributed by atoms with E-state index < -0.39 is 0 Å². The van der Waals surface area contributed by atoms with Gasteiger partial charge in [-0.2, -0.15) is 0 Å². The van der Waals surface area contributed by atoms with E-state index in [0.717, 1.165) is 41.2 Å². The normalized spacial score (nSPS) is 10.4. The van der Waals surface area contributed by atoms with Gasteiger partial charge in [0.15, 0.2) is 0 Å². The van der Waals surface area contributed by atoms with Crippen molar-refractivity contribution in [1.82, 2.24) is 0 Å². The van der Waals surface area contributed by atoms with Crippen LogP contribution in [0.3, 0.4) is 0 Å². The van der Waals surface area contributed by atoms with Crippen LogP contribution in [0.2, 0.25) is 5.02 Å². The van der Waals surface area contributed by atoms with Crippen LogP contribution in [0, 0.1) is 13.8 Å². The number of ether oxygens (including phenoxy) is 1. The summed E-state index contributed by atoms with van der Waals surface area (Å²) in [5.74, 6) is 0.960. The standard InChI is InChI=1S/C14H20ClNOS/c1-4-17-14-9(2)8-12(15)10(3)11(14)6-5-7-13(16)18/h8H,4-7H2,1-3H3,(H2,16,18). The number of benzene rings is 1. The lowest BCUT2D eigenvalue weighted by Gasteiger charge is -2.17. The molecule has 0 aliphatic heterocycles. The molecule has 0 bridgehead atoms. The molecule has 1 aromatic rings. The van der Waals surface area contributed by atoms with Crippen LogP contribution in [-0.4, -0.2) is 11.6 Å².